The van der Waals surface area contributed by atoms with Gasteiger partial charge in [-0.25, -0.2) is 14.6 Å². The molecule has 1 amide bonds. The number of hydrogen-bond donors (Lipinski definition) is 0. The molecule has 0 radical (unpaired) electrons. The molecule has 138 valence electrons. The Morgan fingerprint density at radius 3 is 2.81 bits per heavy atom. The Labute approximate surface area is 156 Å². The second-order valence-electron chi connectivity index (χ2n) is 6.29. The minimum atomic E-state index is -0.0972. The summed E-state index contributed by atoms with van der Waals surface area (Å²) in [5.41, 5.74) is 2.18. The predicted octanol–water partition coefficient (Wildman–Crippen LogP) is 1.04. The van der Waals surface area contributed by atoms with E-state index in [1.165, 1.54) is 0 Å². The number of carbonyl (C=O) groups is 1. The van der Waals surface area contributed by atoms with E-state index >= 15 is 0 Å². The molecule has 0 bridgehead atoms. The van der Waals surface area contributed by atoms with Gasteiger partial charge in [-0.3, -0.25) is 9.78 Å². The lowest BCUT2D eigenvalue weighted by Crippen LogP contribution is -2.46. The summed E-state index contributed by atoms with van der Waals surface area (Å²) >= 11 is 0. The number of carbonyl (C=O) groups excluding carboxylic acids is 1. The topological polar surface area (TPSA) is 98.9 Å². The zero-order valence-corrected chi connectivity index (χ0v) is 14.9. The summed E-state index contributed by atoms with van der Waals surface area (Å²) in [5, 5.41) is 8.34. The van der Waals surface area contributed by atoms with E-state index < -0.39 is 0 Å². The smallest absolute Gasteiger partial charge is 0.219 e. The van der Waals surface area contributed by atoms with Gasteiger partial charge in [0.2, 0.25) is 5.91 Å². The van der Waals surface area contributed by atoms with Crippen LogP contribution in [-0.2, 0) is 16.1 Å². The monoisotopic (exact) mass is 365 g/mol. The van der Waals surface area contributed by atoms with Crippen LogP contribution in [-0.4, -0.2) is 66.6 Å². The molecule has 3 aromatic rings. The largest absolute Gasteiger partial charge is 0.373 e. The standard InChI is InChI=1S/C18H19N7O2/c1-13(26)24-6-7-27-15(10-24)11-25-12-17(22-23-25)14-8-20-18(21-9-14)16-4-2-3-5-19-16/h2-5,8-9,12,15H,6-7,10-11H2,1H3/t15-/m1/s1. The Kier molecular flexibility index (Phi) is 4.84. The molecule has 1 aliphatic rings. The van der Waals surface area contributed by atoms with E-state index in [0.29, 0.717) is 37.8 Å². The Balaban J connectivity index is 1.44. The van der Waals surface area contributed by atoms with Gasteiger partial charge in [0.1, 0.15) is 11.4 Å². The van der Waals surface area contributed by atoms with Gasteiger partial charge < -0.3 is 9.64 Å². The van der Waals surface area contributed by atoms with Gasteiger partial charge in [-0.05, 0) is 12.1 Å². The molecule has 0 aliphatic carbocycles. The van der Waals surface area contributed by atoms with Crippen molar-refractivity contribution in [3.8, 4) is 22.8 Å². The summed E-state index contributed by atoms with van der Waals surface area (Å²) in [6, 6.07) is 5.60. The van der Waals surface area contributed by atoms with Crippen molar-refractivity contribution in [3.63, 3.8) is 0 Å². The Morgan fingerprint density at radius 2 is 2.07 bits per heavy atom. The number of nitrogens with zero attached hydrogens (tertiary/aromatic N) is 7. The lowest BCUT2D eigenvalue weighted by atomic mass is 10.2. The van der Waals surface area contributed by atoms with Crippen LogP contribution in [0.2, 0.25) is 0 Å². The van der Waals surface area contributed by atoms with Crippen LogP contribution in [0.1, 0.15) is 6.92 Å². The van der Waals surface area contributed by atoms with E-state index in [4.69, 9.17) is 4.74 Å². The molecule has 27 heavy (non-hydrogen) atoms. The third-order valence-corrected chi connectivity index (χ3v) is 4.36. The molecule has 0 N–H and O–H groups in total. The van der Waals surface area contributed by atoms with Crippen LogP contribution >= 0.6 is 0 Å². The first kappa shape index (κ1) is 17.2. The average Bonchev–Trinajstić information content (AvgIpc) is 3.17. The number of hydrogen-bond acceptors (Lipinski definition) is 7. The number of rotatable bonds is 4. The maximum absolute atomic E-state index is 11.5. The SMILES string of the molecule is CC(=O)N1CCO[C@@H](Cn2cc(-c3cnc(-c4ccccn4)nc3)nn2)C1. The van der Waals surface area contributed by atoms with Gasteiger partial charge in [0.25, 0.3) is 0 Å². The van der Waals surface area contributed by atoms with E-state index in [9.17, 15) is 4.79 Å². The van der Waals surface area contributed by atoms with Crippen molar-refractivity contribution in [3.05, 3.63) is 43.0 Å². The van der Waals surface area contributed by atoms with Crippen LogP contribution in [0, 0.1) is 0 Å². The molecule has 1 saturated heterocycles. The minimum absolute atomic E-state index is 0.0627. The van der Waals surface area contributed by atoms with E-state index in [1.807, 2.05) is 24.4 Å². The Bertz CT molecular complexity index is 911. The number of ether oxygens (including phenoxy) is 1. The van der Waals surface area contributed by atoms with Crippen molar-refractivity contribution in [2.24, 2.45) is 0 Å². The van der Waals surface area contributed by atoms with Crippen molar-refractivity contribution in [2.45, 2.75) is 19.6 Å². The normalized spacial score (nSPS) is 17.1. The summed E-state index contributed by atoms with van der Waals surface area (Å²) in [6.45, 7) is 3.84. The number of amides is 1. The van der Waals surface area contributed by atoms with Crippen molar-refractivity contribution >= 4 is 5.91 Å². The molecule has 4 heterocycles. The number of pyridine rings is 1. The highest BCUT2D eigenvalue weighted by molar-refractivity contribution is 5.73. The molecule has 1 atom stereocenters. The molecule has 0 spiro atoms. The number of aromatic nitrogens is 6. The lowest BCUT2D eigenvalue weighted by Gasteiger charge is -2.32. The van der Waals surface area contributed by atoms with Crippen LogP contribution in [0.4, 0.5) is 0 Å². The van der Waals surface area contributed by atoms with Crippen molar-refractivity contribution in [1.29, 1.82) is 0 Å². The van der Waals surface area contributed by atoms with Crippen molar-refractivity contribution in [2.75, 3.05) is 19.7 Å². The third kappa shape index (κ3) is 3.98. The van der Waals surface area contributed by atoms with Gasteiger partial charge in [0, 0.05) is 44.2 Å². The predicted molar refractivity (Wildman–Crippen MR) is 96.3 cm³/mol. The third-order valence-electron chi connectivity index (χ3n) is 4.36. The highest BCUT2D eigenvalue weighted by atomic mass is 16.5. The van der Waals surface area contributed by atoms with Gasteiger partial charge >= 0.3 is 0 Å². The van der Waals surface area contributed by atoms with Crippen LogP contribution in [0.3, 0.4) is 0 Å². The van der Waals surface area contributed by atoms with E-state index in [-0.39, 0.29) is 12.0 Å². The molecular formula is C18H19N7O2. The Morgan fingerprint density at radius 1 is 1.22 bits per heavy atom. The minimum Gasteiger partial charge on any atom is -0.373 e. The summed E-state index contributed by atoms with van der Waals surface area (Å²) in [7, 11) is 0. The summed E-state index contributed by atoms with van der Waals surface area (Å²) in [6.07, 6.45) is 6.86. The molecule has 1 fully saturated rings. The van der Waals surface area contributed by atoms with E-state index in [2.05, 4.69) is 25.3 Å². The number of morpholine rings is 1. The highest BCUT2D eigenvalue weighted by Gasteiger charge is 2.23. The van der Waals surface area contributed by atoms with Crippen molar-refractivity contribution in [1.82, 2.24) is 34.8 Å². The van der Waals surface area contributed by atoms with Gasteiger partial charge in [-0.2, -0.15) is 0 Å². The second-order valence-corrected chi connectivity index (χ2v) is 6.29. The van der Waals surface area contributed by atoms with Gasteiger partial charge in [-0.1, -0.05) is 11.3 Å². The van der Waals surface area contributed by atoms with E-state index in [1.54, 1.807) is 35.1 Å². The quantitative estimate of drug-likeness (QED) is 0.681. The maximum atomic E-state index is 11.5. The van der Waals surface area contributed by atoms with Crippen LogP contribution in [0.5, 0.6) is 0 Å². The fourth-order valence-corrected chi connectivity index (χ4v) is 2.93. The van der Waals surface area contributed by atoms with E-state index in [0.717, 1.165) is 11.3 Å². The van der Waals surface area contributed by atoms with Crippen LogP contribution in [0.25, 0.3) is 22.8 Å². The summed E-state index contributed by atoms with van der Waals surface area (Å²) in [5.74, 6) is 0.624. The molecule has 4 rings (SSSR count). The zero-order valence-electron chi connectivity index (χ0n) is 14.9. The van der Waals surface area contributed by atoms with Gasteiger partial charge in [0.15, 0.2) is 5.82 Å². The molecule has 9 heteroatoms. The fraction of sp³-hybridized carbons (Fsp3) is 0.333. The summed E-state index contributed by atoms with van der Waals surface area (Å²) < 4.78 is 7.45. The molecular weight excluding hydrogens is 346 g/mol. The average molecular weight is 365 g/mol. The summed E-state index contributed by atoms with van der Waals surface area (Å²) in [4.78, 5) is 26.3. The molecule has 9 nitrogen and oxygen atoms in total. The van der Waals surface area contributed by atoms with Crippen LogP contribution in [0.15, 0.2) is 43.0 Å². The first-order valence-corrected chi connectivity index (χ1v) is 8.70. The van der Waals surface area contributed by atoms with Gasteiger partial charge in [0.05, 0.1) is 25.5 Å². The zero-order chi connectivity index (χ0) is 18.6. The van der Waals surface area contributed by atoms with Gasteiger partial charge in [-0.15, -0.1) is 5.10 Å². The highest BCUT2D eigenvalue weighted by Crippen LogP contribution is 2.17. The second kappa shape index (κ2) is 7.58. The van der Waals surface area contributed by atoms with Crippen LogP contribution < -0.4 is 0 Å². The lowest BCUT2D eigenvalue weighted by molar-refractivity contribution is -0.136. The fourth-order valence-electron chi connectivity index (χ4n) is 2.93. The first-order chi connectivity index (χ1) is 13.2. The molecule has 0 saturated carbocycles. The molecule has 0 unspecified atom stereocenters. The molecule has 0 aromatic carbocycles. The first-order valence-electron chi connectivity index (χ1n) is 8.70. The maximum Gasteiger partial charge on any atom is 0.219 e. The molecule has 1 aliphatic heterocycles. The Hall–Kier alpha value is -3.20. The van der Waals surface area contributed by atoms with Crippen molar-refractivity contribution < 1.29 is 9.53 Å². The molecule has 3 aromatic heterocycles.